The SMILES string of the molecule is Cc1cc(-c2cccc(OCC3=CCC(C)(Cl)C=C3F)n2)ccc1Cc1nc2ccc(C(=O)O)cc2n1C1CC12CCO2. The van der Waals surface area contributed by atoms with Crippen molar-refractivity contribution in [3.8, 4) is 17.1 Å². The van der Waals surface area contributed by atoms with Gasteiger partial charge in [-0.1, -0.05) is 24.3 Å². The largest absolute Gasteiger partial charge is 0.478 e. The fraction of sp³-hybridized carbons (Fsp3) is 0.324. The summed E-state index contributed by atoms with van der Waals surface area (Å²) in [6.45, 7) is 4.68. The van der Waals surface area contributed by atoms with E-state index in [0.717, 1.165) is 58.7 Å². The molecule has 1 aliphatic heterocycles. The van der Waals surface area contributed by atoms with Gasteiger partial charge in [0, 0.05) is 36.5 Å². The van der Waals surface area contributed by atoms with Crippen molar-refractivity contribution in [1.82, 2.24) is 14.5 Å². The summed E-state index contributed by atoms with van der Waals surface area (Å²) >= 11 is 6.24. The number of hydrogen-bond donors (Lipinski definition) is 1. The zero-order valence-electron chi connectivity index (χ0n) is 23.9. The van der Waals surface area contributed by atoms with E-state index in [1.165, 1.54) is 6.08 Å². The third-order valence-electron chi connectivity index (χ3n) is 8.79. The fourth-order valence-corrected chi connectivity index (χ4v) is 6.30. The highest BCUT2D eigenvalue weighted by Crippen LogP contribution is 2.59. The Bertz CT molecular complexity index is 1840. The van der Waals surface area contributed by atoms with E-state index >= 15 is 0 Å². The summed E-state index contributed by atoms with van der Waals surface area (Å²) in [7, 11) is 0. The van der Waals surface area contributed by atoms with Crippen molar-refractivity contribution in [3.05, 3.63) is 101 Å². The number of carboxylic acid groups (broad SMARTS) is 1. The molecule has 1 saturated carbocycles. The van der Waals surface area contributed by atoms with Gasteiger partial charge >= 0.3 is 5.97 Å². The Kier molecular flexibility index (Phi) is 6.67. The number of ether oxygens (including phenoxy) is 2. The van der Waals surface area contributed by atoms with Crippen LogP contribution < -0.4 is 4.74 Å². The van der Waals surface area contributed by atoms with Crippen LogP contribution in [-0.2, 0) is 11.2 Å². The molecule has 1 spiro atoms. The van der Waals surface area contributed by atoms with Crippen molar-refractivity contribution in [3.63, 3.8) is 0 Å². The number of halogens is 2. The van der Waals surface area contributed by atoms with Crippen LogP contribution in [0.5, 0.6) is 5.88 Å². The summed E-state index contributed by atoms with van der Waals surface area (Å²) in [5.41, 5.74) is 6.10. The molecule has 43 heavy (non-hydrogen) atoms. The molecule has 7 rings (SSSR count). The summed E-state index contributed by atoms with van der Waals surface area (Å²) in [5.74, 6) is -0.00525. The maximum absolute atomic E-state index is 14.4. The Hall–Kier alpha value is -4.01. The van der Waals surface area contributed by atoms with E-state index in [9.17, 15) is 14.3 Å². The van der Waals surface area contributed by atoms with Gasteiger partial charge in [0.05, 0.1) is 45.4 Å². The molecule has 0 amide bonds. The van der Waals surface area contributed by atoms with Crippen molar-refractivity contribution < 1.29 is 23.8 Å². The third-order valence-corrected chi connectivity index (χ3v) is 9.05. The number of carbonyl (C=O) groups is 1. The minimum Gasteiger partial charge on any atom is -0.478 e. The molecule has 2 aliphatic carbocycles. The van der Waals surface area contributed by atoms with E-state index in [0.29, 0.717) is 24.3 Å². The number of allylic oxidation sites excluding steroid dienone is 2. The lowest BCUT2D eigenvalue weighted by Crippen LogP contribution is -2.32. The molecule has 0 radical (unpaired) electrons. The summed E-state index contributed by atoms with van der Waals surface area (Å²) in [5, 5.41) is 9.59. The van der Waals surface area contributed by atoms with E-state index in [-0.39, 0.29) is 29.6 Å². The number of hydrogen-bond acceptors (Lipinski definition) is 5. The van der Waals surface area contributed by atoms with Gasteiger partial charge < -0.3 is 19.1 Å². The molecule has 220 valence electrons. The number of imidazole rings is 1. The van der Waals surface area contributed by atoms with Gasteiger partial charge in [0.2, 0.25) is 5.88 Å². The second-order valence-corrected chi connectivity index (χ2v) is 12.8. The average molecular weight is 600 g/mol. The van der Waals surface area contributed by atoms with Crippen LogP contribution in [-0.4, -0.2) is 49.3 Å². The van der Waals surface area contributed by atoms with Crippen LogP contribution in [0, 0.1) is 6.92 Å². The highest BCUT2D eigenvalue weighted by molar-refractivity contribution is 6.25. The molecule has 9 heteroatoms. The number of pyridine rings is 1. The molecule has 2 aromatic heterocycles. The monoisotopic (exact) mass is 599 g/mol. The minimum atomic E-state index is -0.954. The highest BCUT2D eigenvalue weighted by Gasteiger charge is 2.61. The highest BCUT2D eigenvalue weighted by atomic mass is 35.5. The Morgan fingerprint density at radius 1 is 1.21 bits per heavy atom. The normalized spacial score (nSPS) is 24.4. The van der Waals surface area contributed by atoms with Crippen LogP contribution in [0.15, 0.2) is 78.1 Å². The van der Waals surface area contributed by atoms with Gasteiger partial charge in [-0.15, -0.1) is 11.6 Å². The topological polar surface area (TPSA) is 86.5 Å². The molecule has 0 bridgehead atoms. The van der Waals surface area contributed by atoms with Gasteiger partial charge in [-0.05, 0) is 67.8 Å². The molecule has 3 heterocycles. The lowest BCUT2D eigenvalue weighted by Gasteiger charge is -2.28. The summed E-state index contributed by atoms with van der Waals surface area (Å²) < 4.78 is 28.4. The predicted molar refractivity (Wildman–Crippen MR) is 163 cm³/mol. The summed E-state index contributed by atoms with van der Waals surface area (Å²) in [4.78, 5) is 20.6. The number of aryl methyl sites for hydroxylation is 1. The van der Waals surface area contributed by atoms with Crippen molar-refractivity contribution in [1.29, 1.82) is 0 Å². The molecule has 7 nitrogen and oxygen atoms in total. The van der Waals surface area contributed by atoms with E-state index in [4.69, 9.17) is 26.1 Å². The number of alkyl halides is 1. The van der Waals surface area contributed by atoms with E-state index in [1.807, 2.05) is 18.2 Å². The smallest absolute Gasteiger partial charge is 0.335 e. The van der Waals surface area contributed by atoms with Gasteiger partial charge in [0.15, 0.2) is 0 Å². The van der Waals surface area contributed by atoms with Gasteiger partial charge in [-0.2, -0.15) is 0 Å². The average Bonchev–Trinajstić information content (AvgIpc) is 3.61. The van der Waals surface area contributed by atoms with Crippen molar-refractivity contribution >= 4 is 28.6 Å². The Balaban J connectivity index is 1.12. The second-order valence-electron chi connectivity index (χ2n) is 12.0. The number of benzene rings is 2. The molecule has 3 atom stereocenters. The Morgan fingerprint density at radius 3 is 2.74 bits per heavy atom. The maximum Gasteiger partial charge on any atom is 0.335 e. The predicted octanol–water partition coefficient (Wildman–Crippen LogP) is 7.36. The Morgan fingerprint density at radius 2 is 2.05 bits per heavy atom. The van der Waals surface area contributed by atoms with E-state index in [2.05, 4.69) is 28.6 Å². The zero-order valence-corrected chi connectivity index (χ0v) is 24.7. The number of nitrogens with zero attached hydrogens (tertiary/aromatic N) is 3. The van der Waals surface area contributed by atoms with Gasteiger partial charge in [-0.3, -0.25) is 0 Å². The first-order chi connectivity index (χ1) is 20.6. The molecule has 3 aliphatic rings. The van der Waals surface area contributed by atoms with Gasteiger partial charge in [-0.25, -0.2) is 19.2 Å². The lowest BCUT2D eigenvalue weighted by atomic mass is 9.97. The van der Waals surface area contributed by atoms with Gasteiger partial charge in [0.1, 0.15) is 18.3 Å². The standard InChI is InChI=1S/C34H31ClFN3O4/c1-20-14-22(26-4-3-5-31(38-26)42-19-24-10-11-33(2,35)17-25(24)36)7-6-21(20)16-30-37-27-9-8-23(32(40)41)15-28(27)39(30)29-18-34(29)12-13-43-34/h3-10,14-15,17,29H,11-13,16,18-19H2,1-2H3,(H,40,41). The molecule has 1 saturated heterocycles. The lowest BCUT2D eigenvalue weighted by molar-refractivity contribution is -0.0819. The molecular formula is C34H31ClFN3O4. The van der Waals surface area contributed by atoms with Crippen LogP contribution in [0.1, 0.15) is 59.5 Å². The number of fused-ring (bicyclic) bond motifs is 1. The molecule has 1 N–H and O–H groups in total. The van der Waals surface area contributed by atoms with Crippen molar-refractivity contribution in [2.24, 2.45) is 0 Å². The first-order valence-electron chi connectivity index (χ1n) is 14.5. The van der Waals surface area contributed by atoms with Crippen LogP contribution in [0.2, 0.25) is 0 Å². The quantitative estimate of drug-likeness (QED) is 0.213. The van der Waals surface area contributed by atoms with Crippen LogP contribution in [0.4, 0.5) is 4.39 Å². The second kappa shape index (κ2) is 10.3. The van der Waals surface area contributed by atoms with E-state index < -0.39 is 10.8 Å². The third kappa shape index (κ3) is 5.23. The molecule has 2 aromatic carbocycles. The first-order valence-corrected chi connectivity index (χ1v) is 14.8. The number of aromatic nitrogens is 3. The molecule has 2 fully saturated rings. The summed E-state index contributed by atoms with van der Waals surface area (Å²) in [6.07, 6.45) is 6.26. The van der Waals surface area contributed by atoms with Crippen molar-refractivity contribution in [2.75, 3.05) is 13.2 Å². The molecule has 4 aromatic rings. The zero-order chi connectivity index (χ0) is 29.9. The van der Waals surface area contributed by atoms with Crippen LogP contribution in [0.25, 0.3) is 22.3 Å². The minimum absolute atomic E-state index is 0.0754. The van der Waals surface area contributed by atoms with Crippen molar-refractivity contribution in [2.45, 2.75) is 56.0 Å². The first kappa shape index (κ1) is 27.8. The number of carboxylic acids is 1. The molecular weight excluding hydrogens is 569 g/mol. The van der Waals surface area contributed by atoms with Crippen LogP contribution >= 0.6 is 11.6 Å². The van der Waals surface area contributed by atoms with E-state index in [1.54, 1.807) is 37.3 Å². The maximum atomic E-state index is 14.4. The number of aromatic carboxylic acids is 1. The number of rotatable bonds is 8. The fourth-order valence-electron chi connectivity index (χ4n) is 6.13. The van der Waals surface area contributed by atoms with Gasteiger partial charge in [0.25, 0.3) is 0 Å². The molecule has 3 unspecified atom stereocenters. The Labute approximate surface area is 253 Å². The summed E-state index contributed by atoms with van der Waals surface area (Å²) in [6, 6.07) is 17.0. The van der Waals surface area contributed by atoms with Crippen LogP contribution in [0.3, 0.4) is 0 Å².